The van der Waals surface area contributed by atoms with E-state index in [1.165, 1.54) is 17.4 Å². The predicted octanol–water partition coefficient (Wildman–Crippen LogP) is 0.470. The minimum absolute atomic E-state index is 0.165. The summed E-state index contributed by atoms with van der Waals surface area (Å²) < 4.78 is 1.53. The van der Waals surface area contributed by atoms with E-state index in [9.17, 15) is 4.79 Å². The number of hydrogen-bond acceptors (Lipinski definition) is 4. The van der Waals surface area contributed by atoms with Gasteiger partial charge in [-0.25, -0.2) is 9.89 Å². The summed E-state index contributed by atoms with van der Waals surface area (Å²) in [6, 6.07) is 0.232. The maximum absolute atomic E-state index is 11.2. The summed E-state index contributed by atoms with van der Waals surface area (Å²) in [7, 11) is 1.72. The van der Waals surface area contributed by atoms with Crippen molar-refractivity contribution in [2.45, 2.75) is 42.1 Å². The number of thioether (sulfide) groups is 1. The molecule has 0 amide bonds. The van der Waals surface area contributed by atoms with Gasteiger partial charge < -0.3 is 5.73 Å². The summed E-state index contributed by atoms with van der Waals surface area (Å²) in [5.74, 6) is 0. The highest BCUT2D eigenvalue weighted by Gasteiger charge is 2.24. The van der Waals surface area contributed by atoms with Crippen LogP contribution in [-0.2, 0) is 7.05 Å². The molecule has 2 atom stereocenters. The van der Waals surface area contributed by atoms with Crippen molar-refractivity contribution < 1.29 is 0 Å². The molecule has 1 heterocycles. The third kappa shape index (κ3) is 2.26. The molecular formula is C9H16N4OS. The van der Waals surface area contributed by atoms with Crippen molar-refractivity contribution in [3.63, 3.8) is 0 Å². The molecule has 5 nitrogen and oxygen atoms in total. The van der Waals surface area contributed by atoms with Crippen molar-refractivity contribution in [2.75, 3.05) is 0 Å². The van der Waals surface area contributed by atoms with E-state index < -0.39 is 0 Å². The second kappa shape index (κ2) is 4.40. The first-order valence-electron chi connectivity index (χ1n) is 5.22. The molecule has 1 aliphatic rings. The van der Waals surface area contributed by atoms with Crippen molar-refractivity contribution in [1.82, 2.24) is 14.8 Å². The van der Waals surface area contributed by atoms with E-state index in [4.69, 9.17) is 5.73 Å². The van der Waals surface area contributed by atoms with Crippen LogP contribution in [0.1, 0.15) is 25.7 Å². The van der Waals surface area contributed by atoms with Crippen LogP contribution in [0, 0.1) is 0 Å². The number of aromatic nitrogens is 3. The van der Waals surface area contributed by atoms with Gasteiger partial charge in [-0.2, -0.15) is 0 Å². The maximum Gasteiger partial charge on any atom is 0.343 e. The van der Waals surface area contributed by atoms with E-state index in [2.05, 4.69) is 10.2 Å². The van der Waals surface area contributed by atoms with Crippen LogP contribution in [0.3, 0.4) is 0 Å². The largest absolute Gasteiger partial charge is 0.343 e. The Morgan fingerprint density at radius 2 is 2.27 bits per heavy atom. The number of rotatable bonds is 2. The molecule has 0 aromatic carbocycles. The van der Waals surface area contributed by atoms with Gasteiger partial charge in [0, 0.05) is 18.3 Å². The van der Waals surface area contributed by atoms with Gasteiger partial charge in [0.05, 0.1) is 0 Å². The van der Waals surface area contributed by atoms with Gasteiger partial charge in [-0.15, -0.1) is 5.10 Å². The highest BCUT2D eigenvalue weighted by atomic mass is 32.2. The zero-order valence-electron chi connectivity index (χ0n) is 8.77. The number of nitrogens with one attached hydrogen (secondary N) is 1. The predicted molar refractivity (Wildman–Crippen MR) is 59.9 cm³/mol. The molecule has 2 unspecified atom stereocenters. The van der Waals surface area contributed by atoms with Crippen molar-refractivity contribution in [2.24, 2.45) is 12.8 Å². The monoisotopic (exact) mass is 228 g/mol. The van der Waals surface area contributed by atoms with Crippen LogP contribution in [0.2, 0.25) is 0 Å². The molecule has 1 fully saturated rings. The Morgan fingerprint density at radius 3 is 2.87 bits per heavy atom. The van der Waals surface area contributed by atoms with Crippen LogP contribution in [-0.4, -0.2) is 26.1 Å². The standard InChI is InChI=1S/C9H16N4OS/c1-13-8(14)11-12-9(13)15-7-5-3-2-4-6(7)10/h6-7H,2-5,10H2,1H3,(H,11,14). The lowest BCUT2D eigenvalue weighted by atomic mass is 9.96. The summed E-state index contributed by atoms with van der Waals surface area (Å²) in [6.07, 6.45) is 4.64. The molecule has 1 aromatic rings. The first-order valence-corrected chi connectivity index (χ1v) is 6.10. The molecule has 15 heavy (non-hydrogen) atoms. The quantitative estimate of drug-likeness (QED) is 0.771. The van der Waals surface area contributed by atoms with Crippen LogP contribution >= 0.6 is 11.8 Å². The Bertz CT molecular complexity index is 386. The van der Waals surface area contributed by atoms with Gasteiger partial charge in [-0.1, -0.05) is 24.6 Å². The molecule has 1 saturated carbocycles. The van der Waals surface area contributed by atoms with Crippen LogP contribution in [0.25, 0.3) is 0 Å². The Kier molecular flexibility index (Phi) is 3.16. The Morgan fingerprint density at radius 1 is 1.53 bits per heavy atom. The molecule has 3 N–H and O–H groups in total. The summed E-state index contributed by atoms with van der Waals surface area (Å²) in [5, 5.41) is 7.55. The van der Waals surface area contributed by atoms with Crippen LogP contribution in [0.5, 0.6) is 0 Å². The molecule has 2 rings (SSSR count). The minimum Gasteiger partial charge on any atom is -0.327 e. The molecule has 1 aliphatic carbocycles. The zero-order chi connectivity index (χ0) is 10.8. The molecular weight excluding hydrogens is 212 g/mol. The van der Waals surface area contributed by atoms with Gasteiger partial charge in [0.2, 0.25) is 0 Å². The van der Waals surface area contributed by atoms with E-state index in [1.807, 2.05) is 0 Å². The third-order valence-electron chi connectivity index (χ3n) is 2.85. The second-order valence-corrected chi connectivity index (χ2v) is 5.18. The normalized spacial score (nSPS) is 26.8. The van der Waals surface area contributed by atoms with Crippen LogP contribution in [0.4, 0.5) is 0 Å². The van der Waals surface area contributed by atoms with E-state index in [-0.39, 0.29) is 11.7 Å². The molecule has 6 heteroatoms. The van der Waals surface area contributed by atoms with E-state index in [0.29, 0.717) is 5.25 Å². The van der Waals surface area contributed by atoms with Gasteiger partial charge in [0.15, 0.2) is 5.16 Å². The SMILES string of the molecule is Cn1c(SC2CCCCC2N)n[nH]c1=O. The fourth-order valence-corrected chi connectivity index (χ4v) is 3.05. The van der Waals surface area contributed by atoms with Gasteiger partial charge in [0.25, 0.3) is 0 Å². The number of aromatic amines is 1. The van der Waals surface area contributed by atoms with Crippen molar-refractivity contribution >= 4 is 11.8 Å². The summed E-state index contributed by atoms with van der Waals surface area (Å²) in [6.45, 7) is 0. The number of nitrogens with two attached hydrogens (primary N) is 1. The van der Waals surface area contributed by atoms with E-state index in [1.54, 1.807) is 18.8 Å². The Balaban J connectivity index is 2.07. The molecule has 0 saturated heterocycles. The molecule has 1 aromatic heterocycles. The maximum atomic E-state index is 11.2. The van der Waals surface area contributed by atoms with Crippen molar-refractivity contribution in [3.05, 3.63) is 10.5 Å². The van der Waals surface area contributed by atoms with Gasteiger partial charge in [-0.05, 0) is 12.8 Å². The van der Waals surface area contributed by atoms with Crippen molar-refractivity contribution in [1.29, 1.82) is 0 Å². The first kappa shape index (κ1) is 10.8. The molecule has 0 radical (unpaired) electrons. The molecule has 84 valence electrons. The van der Waals surface area contributed by atoms with Gasteiger partial charge in [-0.3, -0.25) is 4.57 Å². The minimum atomic E-state index is -0.165. The average molecular weight is 228 g/mol. The highest BCUT2D eigenvalue weighted by Crippen LogP contribution is 2.31. The highest BCUT2D eigenvalue weighted by molar-refractivity contribution is 7.99. The lowest BCUT2D eigenvalue weighted by Crippen LogP contribution is -2.35. The Labute approximate surface area is 92.4 Å². The van der Waals surface area contributed by atoms with Crippen LogP contribution < -0.4 is 11.4 Å². The number of nitrogens with zero attached hydrogens (tertiary/aromatic N) is 2. The topological polar surface area (TPSA) is 76.7 Å². The van der Waals surface area contributed by atoms with Gasteiger partial charge in [0.1, 0.15) is 0 Å². The molecule has 0 spiro atoms. The van der Waals surface area contributed by atoms with Gasteiger partial charge >= 0.3 is 5.69 Å². The Hall–Kier alpha value is -0.750. The fourth-order valence-electron chi connectivity index (χ4n) is 1.85. The lowest BCUT2D eigenvalue weighted by molar-refractivity contribution is 0.452. The molecule has 0 bridgehead atoms. The number of hydrogen-bond donors (Lipinski definition) is 2. The van der Waals surface area contributed by atoms with E-state index >= 15 is 0 Å². The summed E-state index contributed by atoms with van der Waals surface area (Å²) >= 11 is 1.62. The third-order valence-corrected chi connectivity index (χ3v) is 4.31. The zero-order valence-corrected chi connectivity index (χ0v) is 9.59. The van der Waals surface area contributed by atoms with E-state index in [0.717, 1.165) is 18.0 Å². The molecule has 0 aliphatic heterocycles. The summed E-state index contributed by atoms with van der Waals surface area (Å²) in [5.41, 5.74) is 5.87. The smallest absolute Gasteiger partial charge is 0.327 e. The fraction of sp³-hybridized carbons (Fsp3) is 0.778. The first-order chi connectivity index (χ1) is 7.18. The van der Waals surface area contributed by atoms with Crippen molar-refractivity contribution in [3.8, 4) is 0 Å². The lowest BCUT2D eigenvalue weighted by Gasteiger charge is -2.27. The number of H-pyrrole nitrogens is 1. The summed E-state index contributed by atoms with van der Waals surface area (Å²) in [4.78, 5) is 11.2. The second-order valence-electron chi connectivity index (χ2n) is 3.97. The average Bonchev–Trinajstić information content (AvgIpc) is 2.53. The van der Waals surface area contributed by atoms with Crippen LogP contribution in [0.15, 0.2) is 9.95 Å².